The number of nitrogens with zero attached hydrogens (tertiary/aromatic N) is 1. The van der Waals surface area contributed by atoms with Gasteiger partial charge in [0.05, 0.1) is 0 Å². The summed E-state index contributed by atoms with van der Waals surface area (Å²) >= 11 is 0. The standard InChI is InChI=1S/C21H29NO2/c1-4-22(5-2)14-15-24-21-12-8-19(9-13-21)17(3)16-18-6-10-20(23)11-7-18/h6-13,17,23H,4-5,14-16H2,1-3H3/t17-/m1/s1. The molecular weight excluding hydrogens is 298 g/mol. The Morgan fingerprint density at radius 3 is 2.17 bits per heavy atom. The van der Waals surface area contributed by atoms with Crippen molar-refractivity contribution in [2.75, 3.05) is 26.2 Å². The molecule has 0 saturated carbocycles. The number of aromatic hydroxyl groups is 1. The summed E-state index contributed by atoms with van der Waals surface area (Å²) in [4.78, 5) is 2.36. The van der Waals surface area contributed by atoms with E-state index in [4.69, 9.17) is 4.74 Å². The zero-order valence-corrected chi connectivity index (χ0v) is 15.0. The SMILES string of the molecule is CCN(CC)CCOc1ccc([C@H](C)Cc2ccc(O)cc2)cc1. The topological polar surface area (TPSA) is 32.7 Å². The van der Waals surface area contributed by atoms with E-state index in [0.29, 0.717) is 11.7 Å². The third kappa shape index (κ3) is 5.57. The number of likely N-dealkylation sites (N-methyl/N-ethyl adjacent to an activating group) is 1. The fraction of sp³-hybridized carbons (Fsp3) is 0.429. The van der Waals surface area contributed by atoms with Crippen LogP contribution < -0.4 is 4.74 Å². The van der Waals surface area contributed by atoms with Gasteiger partial charge in [-0.15, -0.1) is 0 Å². The largest absolute Gasteiger partial charge is 0.508 e. The highest BCUT2D eigenvalue weighted by molar-refractivity contribution is 5.32. The molecule has 0 fully saturated rings. The van der Waals surface area contributed by atoms with Gasteiger partial charge < -0.3 is 14.7 Å². The van der Waals surface area contributed by atoms with E-state index in [1.54, 1.807) is 12.1 Å². The molecule has 0 saturated heterocycles. The molecule has 0 spiro atoms. The molecule has 2 rings (SSSR count). The Kier molecular flexibility index (Phi) is 7.13. The second kappa shape index (κ2) is 9.33. The molecular formula is C21H29NO2. The van der Waals surface area contributed by atoms with Gasteiger partial charge in [0, 0.05) is 6.54 Å². The molecule has 3 heteroatoms. The summed E-state index contributed by atoms with van der Waals surface area (Å²) in [6.07, 6.45) is 0.961. The molecule has 0 aliphatic rings. The lowest BCUT2D eigenvalue weighted by atomic mass is 9.94. The number of phenols is 1. The van der Waals surface area contributed by atoms with Crippen LogP contribution in [0.4, 0.5) is 0 Å². The summed E-state index contributed by atoms with van der Waals surface area (Å²) in [5, 5.41) is 9.36. The fourth-order valence-electron chi connectivity index (χ4n) is 2.83. The van der Waals surface area contributed by atoms with E-state index in [9.17, 15) is 5.11 Å². The molecule has 0 bridgehead atoms. The summed E-state index contributed by atoms with van der Waals surface area (Å²) in [7, 11) is 0. The van der Waals surface area contributed by atoms with Crippen molar-refractivity contribution in [1.82, 2.24) is 4.90 Å². The van der Waals surface area contributed by atoms with Gasteiger partial charge in [-0.2, -0.15) is 0 Å². The van der Waals surface area contributed by atoms with E-state index in [-0.39, 0.29) is 0 Å². The Hall–Kier alpha value is -2.00. The molecule has 0 radical (unpaired) electrons. The van der Waals surface area contributed by atoms with Crippen LogP contribution >= 0.6 is 0 Å². The van der Waals surface area contributed by atoms with Gasteiger partial charge in [-0.1, -0.05) is 45.0 Å². The highest BCUT2D eigenvalue weighted by atomic mass is 16.5. The van der Waals surface area contributed by atoms with Crippen molar-refractivity contribution < 1.29 is 9.84 Å². The number of phenolic OH excluding ortho intramolecular Hbond substituents is 1. The van der Waals surface area contributed by atoms with Gasteiger partial charge in [0.1, 0.15) is 18.1 Å². The van der Waals surface area contributed by atoms with E-state index < -0.39 is 0 Å². The maximum atomic E-state index is 9.36. The predicted octanol–water partition coefficient (Wildman–Crippen LogP) is 4.46. The van der Waals surface area contributed by atoms with Crippen LogP contribution in [-0.2, 0) is 6.42 Å². The van der Waals surface area contributed by atoms with Crippen LogP contribution in [-0.4, -0.2) is 36.2 Å². The van der Waals surface area contributed by atoms with Crippen molar-refractivity contribution in [2.45, 2.75) is 33.1 Å². The average molecular weight is 327 g/mol. The molecule has 24 heavy (non-hydrogen) atoms. The zero-order valence-electron chi connectivity index (χ0n) is 15.0. The third-order valence-corrected chi connectivity index (χ3v) is 4.50. The first-order valence-corrected chi connectivity index (χ1v) is 8.85. The van der Waals surface area contributed by atoms with Gasteiger partial charge in [-0.25, -0.2) is 0 Å². The van der Waals surface area contributed by atoms with Gasteiger partial charge in [0.2, 0.25) is 0 Å². The van der Waals surface area contributed by atoms with Crippen LogP contribution in [0.3, 0.4) is 0 Å². The van der Waals surface area contributed by atoms with Crippen LogP contribution in [0.15, 0.2) is 48.5 Å². The minimum absolute atomic E-state index is 0.317. The van der Waals surface area contributed by atoms with Gasteiger partial charge in [-0.3, -0.25) is 0 Å². The van der Waals surface area contributed by atoms with Crippen molar-refractivity contribution >= 4 is 0 Å². The highest BCUT2D eigenvalue weighted by Crippen LogP contribution is 2.23. The average Bonchev–Trinajstić information content (AvgIpc) is 2.61. The van der Waals surface area contributed by atoms with Crippen molar-refractivity contribution in [3.63, 3.8) is 0 Å². The molecule has 1 N–H and O–H groups in total. The molecule has 1 atom stereocenters. The molecule has 2 aromatic rings. The minimum Gasteiger partial charge on any atom is -0.508 e. The normalized spacial score (nSPS) is 12.3. The number of hydrogen-bond donors (Lipinski definition) is 1. The Labute approximate surface area is 145 Å². The van der Waals surface area contributed by atoms with Gasteiger partial charge in [0.15, 0.2) is 0 Å². The van der Waals surface area contributed by atoms with Crippen LogP contribution in [0.5, 0.6) is 11.5 Å². The number of ether oxygens (including phenoxy) is 1. The quantitative estimate of drug-likeness (QED) is 0.738. The first kappa shape index (κ1) is 18.3. The van der Waals surface area contributed by atoms with Crippen LogP contribution in [0.1, 0.15) is 37.8 Å². The fourth-order valence-corrected chi connectivity index (χ4v) is 2.83. The maximum absolute atomic E-state index is 9.36. The Bertz CT molecular complexity index is 588. The van der Waals surface area contributed by atoms with Gasteiger partial charge in [-0.05, 0) is 60.8 Å². The lowest BCUT2D eigenvalue weighted by Crippen LogP contribution is -2.27. The van der Waals surface area contributed by atoms with E-state index in [1.807, 2.05) is 12.1 Å². The highest BCUT2D eigenvalue weighted by Gasteiger charge is 2.07. The predicted molar refractivity (Wildman–Crippen MR) is 100.0 cm³/mol. The van der Waals surface area contributed by atoms with Gasteiger partial charge >= 0.3 is 0 Å². The lowest BCUT2D eigenvalue weighted by Gasteiger charge is -2.18. The zero-order chi connectivity index (χ0) is 17.4. The molecule has 0 heterocycles. The smallest absolute Gasteiger partial charge is 0.119 e. The van der Waals surface area contributed by atoms with Crippen molar-refractivity contribution in [3.8, 4) is 11.5 Å². The van der Waals surface area contributed by atoms with Crippen molar-refractivity contribution in [3.05, 3.63) is 59.7 Å². The summed E-state index contributed by atoms with van der Waals surface area (Å²) in [6, 6.07) is 15.9. The monoisotopic (exact) mass is 327 g/mol. The van der Waals surface area contributed by atoms with Crippen LogP contribution in [0.25, 0.3) is 0 Å². The number of hydrogen-bond acceptors (Lipinski definition) is 3. The van der Waals surface area contributed by atoms with Crippen LogP contribution in [0.2, 0.25) is 0 Å². The van der Waals surface area contributed by atoms with Crippen molar-refractivity contribution in [1.29, 1.82) is 0 Å². The first-order chi connectivity index (χ1) is 11.6. The van der Waals surface area contributed by atoms with E-state index >= 15 is 0 Å². The Morgan fingerprint density at radius 2 is 1.58 bits per heavy atom. The molecule has 2 aromatic carbocycles. The van der Waals surface area contributed by atoms with Crippen molar-refractivity contribution in [2.24, 2.45) is 0 Å². The molecule has 0 amide bonds. The van der Waals surface area contributed by atoms with Crippen LogP contribution in [0, 0.1) is 0 Å². The molecule has 3 nitrogen and oxygen atoms in total. The second-order valence-corrected chi connectivity index (χ2v) is 6.22. The molecule has 130 valence electrons. The molecule has 0 unspecified atom stereocenters. The summed E-state index contributed by atoms with van der Waals surface area (Å²) in [6.45, 7) is 10.4. The van der Waals surface area contributed by atoms with E-state index in [2.05, 4.69) is 49.9 Å². The number of rotatable bonds is 9. The molecule has 0 aliphatic heterocycles. The van der Waals surface area contributed by atoms with Gasteiger partial charge in [0.25, 0.3) is 0 Å². The molecule has 0 aliphatic carbocycles. The summed E-state index contributed by atoms with van der Waals surface area (Å²) < 4.78 is 5.84. The lowest BCUT2D eigenvalue weighted by molar-refractivity contribution is 0.223. The minimum atomic E-state index is 0.317. The summed E-state index contributed by atoms with van der Waals surface area (Å²) in [5.74, 6) is 1.68. The Balaban J connectivity index is 1.85. The first-order valence-electron chi connectivity index (χ1n) is 8.85. The number of benzene rings is 2. The molecule has 0 aromatic heterocycles. The van der Waals surface area contributed by atoms with E-state index in [0.717, 1.165) is 38.4 Å². The third-order valence-electron chi connectivity index (χ3n) is 4.50. The maximum Gasteiger partial charge on any atom is 0.119 e. The summed E-state index contributed by atoms with van der Waals surface area (Å²) in [5.41, 5.74) is 2.54. The van der Waals surface area contributed by atoms with E-state index in [1.165, 1.54) is 11.1 Å². The second-order valence-electron chi connectivity index (χ2n) is 6.22. The Morgan fingerprint density at radius 1 is 0.958 bits per heavy atom.